The molecule has 7 nitrogen and oxygen atoms in total. The lowest BCUT2D eigenvalue weighted by Crippen LogP contribution is -2.44. The SMILES string of the molecule is Cn1c(NCC2CCCCN2c2ccc(=O)[nH]n2)nc2ccccc21. The molecule has 1 saturated heterocycles. The summed E-state index contributed by atoms with van der Waals surface area (Å²) >= 11 is 0. The summed E-state index contributed by atoms with van der Waals surface area (Å²) in [6.07, 6.45) is 3.44. The van der Waals surface area contributed by atoms with Crippen molar-refractivity contribution in [1.29, 1.82) is 0 Å². The number of benzene rings is 1. The Morgan fingerprint density at radius 1 is 1.24 bits per heavy atom. The Hall–Kier alpha value is -2.83. The number of piperidine rings is 1. The van der Waals surface area contributed by atoms with Crippen LogP contribution in [-0.2, 0) is 7.05 Å². The molecule has 1 unspecified atom stereocenters. The first-order valence-electron chi connectivity index (χ1n) is 8.70. The van der Waals surface area contributed by atoms with Crippen LogP contribution in [0.25, 0.3) is 11.0 Å². The van der Waals surface area contributed by atoms with Gasteiger partial charge < -0.3 is 14.8 Å². The van der Waals surface area contributed by atoms with E-state index in [1.807, 2.05) is 25.2 Å². The Balaban J connectivity index is 1.52. The van der Waals surface area contributed by atoms with Crippen molar-refractivity contribution in [3.63, 3.8) is 0 Å². The molecule has 0 spiro atoms. The second kappa shape index (κ2) is 6.58. The minimum absolute atomic E-state index is 0.171. The summed E-state index contributed by atoms with van der Waals surface area (Å²) in [4.78, 5) is 18.2. The molecule has 130 valence electrons. The lowest BCUT2D eigenvalue weighted by molar-refractivity contribution is 0.467. The molecule has 0 aliphatic carbocycles. The van der Waals surface area contributed by atoms with Gasteiger partial charge in [0.05, 0.1) is 11.0 Å². The summed E-state index contributed by atoms with van der Waals surface area (Å²) in [5, 5.41) is 10.2. The maximum atomic E-state index is 11.3. The van der Waals surface area contributed by atoms with E-state index in [1.165, 1.54) is 12.5 Å². The number of aromatic nitrogens is 4. The summed E-state index contributed by atoms with van der Waals surface area (Å²) < 4.78 is 2.08. The minimum Gasteiger partial charge on any atom is -0.354 e. The average molecular weight is 338 g/mol. The van der Waals surface area contributed by atoms with E-state index in [2.05, 4.69) is 36.0 Å². The number of hydrogen-bond donors (Lipinski definition) is 2. The average Bonchev–Trinajstić information content (AvgIpc) is 2.97. The van der Waals surface area contributed by atoms with Crippen molar-refractivity contribution in [1.82, 2.24) is 19.7 Å². The van der Waals surface area contributed by atoms with Gasteiger partial charge in [0.25, 0.3) is 5.56 Å². The molecule has 1 aliphatic rings. The zero-order valence-electron chi connectivity index (χ0n) is 14.3. The third kappa shape index (κ3) is 3.09. The lowest BCUT2D eigenvalue weighted by atomic mass is 10.0. The number of para-hydroxylation sites is 2. The summed E-state index contributed by atoms with van der Waals surface area (Å²) in [5.41, 5.74) is 1.94. The second-order valence-electron chi connectivity index (χ2n) is 6.49. The highest BCUT2D eigenvalue weighted by Crippen LogP contribution is 2.23. The molecule has 7 heteroatoms. The van der Waals surface area contributed by atoms with Crippen LogP contribution in [0.15, 0.2) is 41.2 Å². The molecule has 2 aromatic heterocycles. The molecule has 0 radical (unpaired) electrons. The Morgan fingerprint density at radius 3 is 2.92 bits per heavy atom. The number of aromatic amines is 1. The highest BCUT2D eigenvalue weighted by Gasteiger charge is 2.24. The number of nitrogens with zero attached hydrogens (tertiary/aromatic N) is 4. The van der Waals surface area contributed by atoms with E-state index in [-0.39, 0.29) is 5.56 Å². The first kappa shape index (κ1) is 15.7. The maximum absolute atomic E-state index is 11.3. The summed E-state index contributed by atoms with van der Waals surface area (Å²) in [6.45, 7) is 1.74. The van der Waals surface area contributed by atoms with Gasteiger partial charge in [-0.05, 0) is 37.5 Å². The van der Waals surface area contributed by atoms with Crippen LogP contribution < -0.4 is 15.8 Å². The monoisotopic (exact) mass is 338 g/mol. The number of nitrogens with one attached hydrogen (secondary N) is 2. The van der Waals surface area contributed by atoms with E-state index in [1.54, 1.807) is 6.07 Å². The molecule has 4 rings (SSSR count). The van der Waals surface area contributed by atoms with Crippen molar-refractivity contribution in [3.05, 3.63) is 46.8 Å². The van der Waals surface area contributed by atoms with Crippen LogP contribution in [0, 0.1) is 0 Å². The molecule has 3 aromatic rings. The van der Waals surface area contributed by atoms with E-state index < -0.39 is 0 Å². The van der Waals surface area contributed by atoms with E-state index in [4.69, 9.17) is 0 Å². The second-order valence-corrected chi connectivity index (χ2v) is 6.49. The summed E-state index contributed by atoms with van der Waals surface area (Å²) in [6, 6.07) is 11.8. The van der Waals surface area contributed by atoms with Crippen LogP contribution in [0.3, 0.4) is 0 Å². The van der Waals surface area contributed by atoms with Gasteiger partial charge in [-0.25, -0.2) is 10.1 Å². The van der Waals surface area contributed by atoms with Crippen molar-refractivity contribution in [2.75, 3.05) is 23.3 Å². The van der Waals surface area contributed by atoms with Gasteiger partial charge in [-0.2, -0.15) is 5.10 Å². The summed E-state index contributed by atoms with van der Waals surface area (Å²) in [7, 11) is 2.03. The molecular formula is C18H22N6O. The van der Waals surface area contributed by atoms with Crippen LogP contribution in [0.1, 0.15) is 19.3 Å². The van der Waals surface area contributed by atoms with Crippen LogP contribution >= 0.6 is 0 Å². The van der Waals surface area contributed by atoms with Gasteiger partial charge in [-0.15, -0.1) is 0 Å². The third-order valence-electron chi connectivity index (χ3n) is 4.87. The van der Waals surface area contributed by atoms with Crippen LogP contribution in [-0.4, -0.2) is 38.9 Å². The van der Waals surface area contributed by atoms with Crippen molar-refractivity contribution >= 4 is 22.8 Å². The number of rotatable bonds is 4. The van der Waals surface area contributed by atoms with Crippen molar-refractivity contribution in [2.24, 2.45) is 7.05 Å². The van der Waals surface area contributed by atoms with Gasteiger partial charge in [0, 0.05) is 32.2 Å². The molecule has 1 atom stereocenters. The molecule has 1 fully saturated rings. The van der Waals surface area contributed by atoms with E-state index in [0.717, 1.165) is 48.7 Å². The molecule has 25 heavy (non-hydrogen) atoms. The first-order chi connectivity index (χ1) is 12.2. The smallest absolute Gasteiger partial charge is 0.264 e. The van der Waals surface area contributed by atoms with Crippen LogP contribution in [0.4, 0.5) is 11.8 Å². The van der Waals surface area contributed by atoms with Crippen LogP contribution in [0.2, 0.25) is 0 Å². The predicted molar refractivity (Wildman–Crippen MR) is 99.0 cm³/mol. The number of H-pyrrole nitrogens is 1. The highest BCUT2D eigenvalue weighted by molar-refractivity contribution is 5.78. The maximum Gasteiger partial charge on any atom is 0.264 e. The number of hydrogen-bond acceptors (Lipinski definition) is 5. The Labute approximate surface area is 145 Å². The Morgan fingerprint density at radius 2 is 2.12 bits per heavy atom. The summed E-state index contributed by atoms with van der Waals surface area (Å²) in [5.74, 6) is 1.71. The van der Waals surface area contributed by atoms with Gasteiger partial charge in [0.15, 0.2) is 0 Å². The lowest BCUT2D eigenvalue weighted by Gasteiger charge is -2.36. The fourth-order valence-corrected chi connectivity index (χ4v) is 3.52. The highest BCUT2D eigenvalue weighted by atomic mass is 16.1. The Bertz CT molecular complexity index is 910. The molecule has 1 aromatic carbocycles. The van der Waals surface area contributed by atoms with E-state index in [0.29, 0.717) is 6.04 Å². The molecular weight excluding hydrogens is 316 g/mol. The van der Waals surface area contributed by atoms with Gasteiger partial charge in [-0.1, -0.05) is 12.1 Å². The topological polar surface area (TPSA) is 78.8 Å². The molecule has 2 N–H and O–H groups in total. The quantitative estimate of drug-likeness (QED) is 0.762. The van der Waals surface area contributed by atoms with Crippen molar-refractivity contribution in [3.8, 4) is 0 Å². The fourth-order valence-electron chi connectivity index (χ4n) is 3.52. The molecule has 0 amide bonds. The zero-order valence-corrected chi connectivity index (χ0v) is 14.3. The fraction of sp³-hybridized carbons (Fsp3) is 0.389. The van der Waals surface area contributed by atoms with Crippen LogP contribution in [0.5, 0.6) is 0 Å². The zero-order chi connectivity index (χ0) is 17.2. The van der Waals surface area contributed by atoms with Crippen molar-refractivity contribution in [2.45, 2.75) is 25.3 Å². The molecule has 3 heterocycles. The number of imidazole rings is 1. The number of anilines is 2. The normalized spacial score (nSPS) is 17.8. The third-order valence-corrected chi connectivity index (χ3v) is 4.87. The molecule has 0 bridgehead atoms. The number of aryl methyl sites for hydroxylation is 1. The number of fused-ring (bicyclic) bond motifs is 1. The van der Waals surface area contributed by atoms with Crippen molar-refractivity contribution < 1.29 is 0 Å². The van der Waals surface area contributed by atoms with Gasteiger partial charge in [0.2, 0.25) is 5.95 Å². The molecule has 0 saturated carbocycles. The minimum atomic E-state index is -0.171. The van der Waals surface area contributed by atoms with Gasteiger partial charge in [0.1, 0.15) is 5.82 Å². The Kier molecular flexibility index (Phi) is 4.13. The molecule has 1 aliphatic heterocycles. The van der Waals surface area contributed by atoms with Gasteiger partial charge in [-0.3, -0.25) is 4.79 Å². The predicted octanol–water partition coefficient (Wildman–Crippen LogP) is 2.13. The first-order valence-corrected chi connectivity index (χ1v) is 8.70. The van der Waals surface area contributed by atoms with E-state index >= 15 is 0 Å². The standard InChI is InChI=1S/C18H22N6O/c1-23-15-8-3-2-7-14(15)20-18(23)19-12-13-6-4-5-11-24(13)16-9-10-17(25)22-21-16/h2-3,7-10,13H,4-6,11-12H2,1H3,(H,19,20)(H,22,25). The van der Waals surface area contributed by atoms with E-state index in [9.17, 15) is 4.79 Å². The van der Waals surface area contributed by atoms with Gasteiger partial charge >= 0.3 is 0 Å². The largest absolute Gasteiger partial charge is 0.354 e.